The maximum Gasteiger partial charge on any atom is 0.319 e. The highest BCUT2D eigenvalue weighted by molar-refractivity contribution is 7.99. The molecule has 2 amide bonds. The topological polar surface area (TPSA) is 41.1 Å². The van der Waals surface area contributed by atoms with Crippen molar-refractivity contribution in [3.05, 3.63) is 54.6 Å². The molecule has 0 aliphatic carbocycles. The molecule has 0 unspecified atom stereocenters. The Bertz CT molecular complexity index is 557. The molecular formula is C16H18N2OS. The summed E-state index contributed by atoms with van der Waals surface area (Å²) in [5.74, 6) is 0. The van der Waals surface area contributed by atoms with Crippen molar-refractivity contribution in [2.45, 2.75) is 23.1 Å². The van der Waals surface area contributed by atoms with Gasteiger partial charge in [-0.25, -0.2) is 4.79 Å². The van der Waals surface area contributed by atoms with Crippen LogP contribution in [0.3, 0.4) is 0 Å². The van der Waals surface area contributed by atoms with Crippen LogP contribution < -0.4 is 10.6 Å². The Morgan fingerprint density at radius 3 is 2.50 bits per heavy atom. The average Bonchev–Trinajstić information content (AvgIpc) is 2.48. The summed E-state index contributed by atoms with van der Waals surface area (Å²) in [5.41, 5.74) is 0.829. The smallest absolute Gasteiger partial charge is 0.319 e. The number of nitrogens with one attached hydrogen (secondary N) is 2. The third kappa shape index (κ3) is 4.31. The fraction of sp³-hybridized carbons (Fsp3) is 0.188. The molecule has 0 aliphatic heterocycles. The van der Waals surface area contributed by atoms with Gasteiger partial charge in [-0.05, 0) is 30.7 Å². The molecule has 0 bridgehead atoms. The zero-order valence-electron chi connectivity index (χ0n) is 11.4. The van der Waals surface area contributed by atoms with Gasteiger partial charge in [0, 0.05) is 16.3 Å². The fourth-order valence-electron chi connectivity index (χ4n) is 1.68. The molecule has 4 heteroatoms. The average molecular weight is 286 g/mol. The van der Waals surface area contributed by atoms with Gasteiger partial charge >= 0.3 is 6.03 Å². The van der Waals surface area contributed by atoms with E-state index in [4.69, 9.17) is 0 Å². The number of urea groups is 1. The molecule has 2 N–H and O–H groups in total. The minimum Gasteiger partial charge on any atom is -0.338 e. The normalized spacial score (nSPS) is 10.1. The van der Waals surface area contributed by atoms with Crippen LogP contribution in [0.25, 0.3) is 0 Å². The molecule has 0 saturated heterocycles. The minimum absolute atomic E-state index is 0.159. The van der Waals surface area contributed by atoms with Crippen LogP contribution in [0.2, 0.25) is 0 Å². The summed E-state index contributed by atoms with van der Waals surface area (Å²) in [7, 11) is 0. The summed E-state index contributed by atoms with van der Waals surface area (Å²) in [5, 5.41) is 5.71. The third-order valence-electron chi connectivity index (χ3n) is 2.64. The van der Waals surface area contributed by atoms with Crippen molar-refractivity contribution in [3.63, 3.8) is 0 Å². The summed E-state index contributed by atoms with van der Waals surface area (Å²) >= 11 is 1.64. The lowest BCUT2D eigenvalue weighted by Gasteiger charge is -2.11. The van der Waals surface area contributed by atoms with Gasteiger partial charge in [-0.15, -0.1) is 0 Å². The van der Waals surface area contributed by atoms with Gasteiger partial charge in [0.2, 0.25) is 0 Å². The number of para-hydroxylation sites is 1. The van der Waals surface area contributed by atoms with Gasteiger partial charge in [0.1, 0.15) is 0 Å². The van der Waals surface area contributed by atoms with Gasteiger partial charge < -0.3 is 10.6 Å². The molecule has 2 rings (SSSR count). The van der Waals surface area contributed by atoms with E-state index >= 15 is 0 Å². The standard InChI is InChI=1S/C16H18N2OS/c1-2-12-17-16(19)18-14-10-6-7-11-15(14)20-13-8-4-3-5-9-13/h3-11H,2,12H2,1H3,(H2,17,18,19). The number of hydrogen-bond acceptors (Lipinski definition) is 2. The molecule has 0 spiro atoms. The van der Waals surface area contributed by atoms with Crippen LogP contribution in [0.4, 0.5) is 10.5 Å². The quantitative estimate of drug-likeness (QED) is 0.857. The summed E-state index contributed by atoms with van der Waals surface area (Å²) in [6, 6.07) is 17.8. The number of carbonyl (C=O) groups is 1. The van der Waals surface area contributed by atoms with Crippen molar-refractivity contribution in [3.8, 4) is 0 Å². The first kappa shape index (κ1) is 14.5. The van der Waals surface area contributed by atoms with E-state index in [2.05, 4.69) is 22.8 Å². The summed E-state index contributed by atoms with van der Waals surface area (Å²) in [4.78, 5) is 13.9. The monoisotopic (exact) mass is 286 g/mol. The Labute approximate surface area is 123 Å². The van der Waals surface area contributed by atoms with E-state index in [1.54, 1.807) is 11.8 Å². The van der Waals surface area contributed by atoms with E-state index in [1.165, 1.54) is 0 Å². The lowest BCUT2D eigenvalue weighted by Crippen LogP contribution is -2.29. The molecule has 104 valence electrons. The van der Waals surface area contributed by atoms with E-state index in [0.717, 1.165) is 21.9 Å². The van der Waals surface area contributed by atoms with E-state index < -0.39 is 0 Å². The van der Waals surface area contributed by atoms with Crippen molar-refractivity contribution in [1.29, 1.82) is 0 Å². The van der Waals surface area contributed by atoms with Crippen LogP contribution in [0.5, 0.6) is 0 Å². The summed E-state index contributed by atoms with van der Waals surface area (Å²) in [6.45, 7) is 2.71. The minimum atomic E-state index is -0.159. The van der Waals surface area contributed by atoms with Gasteiger partial charge in [-0.2, -0.15) is 0 Å². The molecule has 2 aromatic rings. The molecular weight excluding hydrogens is 268 g/mol. The zero-order valence-corrected chi connectivity index (χ0v) is 12.2. The van der Waals surface area contributed by atoms with Gasteiger partial charge in [-0.1, -0.05) is 49.0 Å². The Morgan fingerprint density at radius 1 is 1.05 bits per heavy atom. The largest absolute Gasteiger partial charge is 0.338 e. The van der Waals surface area contributed by atoms with Gasteiger partial charge in [0.05, 0.1) is 5.69 Å². The lowest BCUT2D eigenvalue weighted by atomic mass is 10.3. The van der Waals surface area contributed by atoms with E-state index in [9.17, 15) is 4.79 Å². The highest BCUT2D eigenvalue weighted by atomic mass is 32.2. The third-order valence-corrected chi connectivity index (χ3v) is 3.73. The lowest BCUT2D eigenvalue weighted by molar-refractivity contribution is 0.252. The van der Waals surface area contributed by atoms with Gasteiger partial charge in [-0.3, -0.25) is 0 Å². The Balaban J connectivity index is 2.08. The number of benzene rings is 2. The van der Waals surface area contributed by atoms with Crippen molar-refractivity contribution >= 4 is 23.5 Å². The molecule has 0 aliphatic rings. The van der Waals surface area contributed by atoms with Crippen LogP contribution in [-0.4, -0.2) is 12.6 Å². The first-order valence-electron chi connectivity index (χ1n) is 6.66. The molecule has 0 atom stereocenters. The van der Waals surface area contributed by atoms with Crippen LogP contribution in [0.15, 0.2) is 64.4 Å². The predicted octanol–water partition coefficient (Wildman–Crippen LogP) is 4.37. The number of carbonyl (C=O) groups excluding carboxylic acids is 1. The van der Waals surface area contributed by atoms with Crippen molar-refractivity contribution in [1.82, 2.24) is 5.32 Å². The number of hydrogen-bond donors (Lipinski definition) is 2. The highest BCUT2D eigenvalue weighted by Crippen LogP contribution is 2.32. The maximum absolute atomic E-state index is 11.7. The van der Waals surface area contributed by atoms with E-state index in [0.29, 0.717) is 6.54 Å². The molecule has 0 fully saturated rings. The van der Waals surface area contributed by atoms with Gasteiger partial charge in [0.15, 0.2) is 0 Å². The second kappa shape index (κ2) is 7.60. The molecule has 0 heterocycles. The Kier molecular flexibility index (Phi) is 5.50. The molecule has 20 heavy (non-hydrogen) atoms. The van der Waals surface area contributed by atoms with Crippen LogP contribution in [0.1, 0.15) is 13.3 Å². The molecule has 0 aromatic heterocycles. The SMILES string of the molecule is CCCNC(=O)Nc1ccccc1Sc1ccccc1. The maximum atomic E-state index is 11.7. The van der Waals surface area contributed by atoms with Gasteiger partial charge in [0.25, 0.3) is 0 Å². The summed E-state index contributed by atoms with van der Waals surface area (Å²) < 4.78 is 0. The van der Waals surface area contributed by atoms with Crippen LogP contribution in [0, 0.1) is 0 Å². The fourth-order valence-corrected chi connectivity index (χ4v) is 2.60. The number of amides is 2. The zero-order chi connectivity index (χ0) is 14.2. The van der Waals surface area contributed by atoms with Crippen LogP contribution in [-0.2, 0) is 0 Å². The second-order valence-corrected chi connectivity index (χ2v) is 5.41. The molecule has 3 nitrogen and oxygen atoms in total. The Morgan fingerprint density at radius 2 is 1.75 bits per heavy atom. The second-order valence-electron chi connectivity index (χ2n) is 4.29. The first-order chi connectivity index (χ1) is 9.79. The van der Waals surface area contributed by atoms with Crippen molar-refractivity contribution in [2.75, 3.05) is 11.9 Å². The van der Waals surface area contributed by atoms with Crippen molar-refractivity contribution < 1.29 is 4.79 Å². The number of rotatable bonds is 5. The molecule has 0 radical (unpaired) electrons. The van der Waals surface area contributed by atoms with Crippen LogP contribution >= 0.6 is 11.8 Å². The number of anilines is 1. The predicted molar refractivity (Wildman–Crippen MR) is 84.3 cm³/mol. The van der Waals surface area contributed by atoms with E-state index in [1.807, 2.05) is 49.4 Å². The highest BCUT2D eigenvalue weighted by Gasteiger charge is 2.06. The molecule has 2 aromatic carbocycles. The van der Waals surface area contributed by atoms with Crippen molar-refractivity contribution in [2.24, 2.45) is 0 Å². The molecule has 0 saturated carbocycles. The Hall–Kier alpha value is -1.94. The van der Waals surface area contributed by atoms with E-state index in [-0.39, 0.29) is 6.03 Å². The summed E-state index contributed by atoms with van der Waals surface area (Å²) in [6.07, 6.45) is 0.924. The first-order valence-corrected chi connectivity index (χ1v) is 7.48.